The van der Waals surface area contributed by atoms with Gasteiger partial charge in [0.25, 0.3) is 0 Å². The van der Waals surface area contributed by atoms with Gasteiger partial charge in [-0.05, 0) is 31.7 Å². The topological polar surface area (TPSA) is 127 Å². The minimum atomic E-state index is -0.208. The maximum Gasteiger partial charge on any atom is 0.223 e. The van der Waals surface area contributed by atoms with E-state index in [1.807, 2.05) is 13.0 Å². The average Bonchev–Trinajstić information content (AvgIpc) is 2.66. The van der Waals surface area contributed by atoms with Crippen LogP contribution in [-0.4, -0.2) is 47.3 Å². The van der Waals surface area contributed by atoms with Crippen LogP contribution >= 0.6 is 0 Å². The molecule has 1 saturated carbocycles. The summed E-state index contributed by atoms with van der Waals surface area (Å²) in [5.41, 5.74) is 6.60. The first-order valence-corrected chi connectivity index (χ1v) is 9.54. The average molecular weight is 378 g/mol. The molecule has 2 rings (SSSR count). The Bertz CT molecular complexity index is 625. The number of rotatable bonds is 9. The first-order valence-electron chi connectivity index (χ1n) is 9.54. The van der Waals surface area contributed by atoms with Crippen LogP contribution in [0.1, 0.15) is 44.6 Å². The van der Waals surface area contributed by atoms with E-state index < -0.39 is 0 Å². The van der Waals surface area contributed by atoms with E-state index in [0.29, 0.717) is 38.2 Å². The zero-order valence-electron chi connectivity index (χ0n) is 15.8. The third-order valence-electron chi connectivity index (χ3n) is 4.76. The molecule has 1 fully saturated rings. The second kappa shape index (κ2) is 10.8. The summed E-state index contributed by atoms with van der Waals surface area (Å²) in [6, 6.07) is 3.49. The first-order chi connectivity index (χ1) is 13.0. The summed E-state index contributed by atoms with van der Waals surface area (Å²) in [7, 11) is 0. The number of nitrogens with two attached hydrogens (primary N) is 1. The summed E-state index contributed by atoms with van der Waals surface area (Å²) in [5.74, 6) is 0.0130. The molecule has 0 unspecified atom stereocenters. The lowest BCUT2D eigenvalue weighted by Gasteiger charge is -2.36. The van der Waals surface area contributed by atoms with Gasteiger partial charge in [-0.25, -0.2) is 4.98 Å². The van der Waals surface area contributed by atoms with E-state index in [0.717, 1.165) is 12.0 Å². The summed E-state index contributed by atoms with van der Waals surface area (Å²) in [4.78, 5) is 28.4. The number of hydrogen-bond donors (Lipinski definition) is 4. The van der Waals surface area contributed by atoms with Crippen LogP contribution in [0.5, 0.6) is 0 Å². The fourth-order valence-corrected chi connectivity index (χ4v) is 3.29. The molecule has 0 aromatic carbocycles. The van der Waals surface area contributed by atoms with E-state index in [4.69, 9.17) is 15.6 Å². The lowest BCUT2D eigenvalue weighted by molar-refractivity contribution is -0.130. The Morgan fingerprint density at radius 1 is 1.41 bits per heavy atom. The molecule has 150 valence electrons. The highest BCUT2D eigenvalue weighted by atomic mass is 16.5. The van der Waals surface area contributed by atoms with E-state index in [1.165, 1.54) is 0 Å². The molecule has 2 amide bonds. The molecule has 1 heterocycles. The Balaban J connectivity index is 1.91. The van der Waals surface area contributed by atoms with Crippen molar-refractivity contribution in [2.45, 2.75) is 57.7 Å². The monoisotopic (exact) mass is 378 g/mol. The van der Waals surface area contributed by atoms with E-state index >= 15 is 0 Å². The van der Waals surface area contributed by atoms with Crippen LogP contribution in [0.4, 0.5) is 5.82 Å². The minimum Gasteiger partial charge on any atom is -0.396 e. The molecule has 1 aliphatic carbocycles. The van der Waals surface area contributed by atoms with Gasteiger partial charge < -0.3 is 26.2 Å². The van der Waals surface area contributed by atoms with Crippen LogP contribution in [0.2, 0.25) is 0 Å². The van der Waals surface area contributed by atoms with Crippen LogP contribution in [-0.2, 0) is 20.9 Å². The molecule has 8 nitrogen and oxygen atoms in total. The van der Waals surface area contributed by atoms with Gasteiger partial charge in [-0.1, -0.05) is 13.0 Å². The normalized spacial score (nSPS) is 22.2. The number of nitrogens with zero attached hydrogens (tertiary/aromatic N) is 1. The van der Waals surface area contributed by atoms with Crippen molar-refractivity contribution in [2.24, 2.45) is 5.92 Å². The first kappa shape index (κ1) is 21.1. The predicted octanol–water partition coefficient (Wildman–Crippen LogP) is 0.743. The molecule has 8 heteroatoms. The van der Waals surface area contributed by atoms with Crippen molar-refractivity contribution in [2.75, 3.05) is 18.9 Å². The van der Waals surface area contributed by atoms with Crippen molar-refractivity contribution in [3.8, 4) is 0 Å². The van der Waals surface area contributed by atoms with Crippen molar-refractivity contribution in [3.05, 3.63) is 23.9 Å². The highest BCUT2D eigenvalue weighted by Gasteiger charge is 2.35. The molecular formula is C19H30N4O4. The Labute approximate surface area is 159 Å². The molecule has 1 aliphatic rings. The molecule has 27 heavy (non-hydrogen) atoms. The molecule has 5 N–H and O–H groups in total. The quantitative estimate of drug-likeness (QED) is 0.502. The van der Waals surface area contributed by atoms with Gasteiger partial charge in [0.2, 0.25) is 11.8 Å². The third-order valence-corrected chi connectivity index (χ3v) is 4.76. The number of nitrogen functional groups attached to an aromatic ring is 1. The Morgan fingerprint density at radius 3 is 2.93 bits per heavy atom. The number of ether oxygens (including phenoxy) is 1. The minimum absolute atomic E-state index is 0.0384. The van der Waals surface area contributed by atoms with Crippen LogP contribution < -0.4 is 16.4 Å². The van der Waals surface area contributed by atoms with Gasteiger partial charge in [0.15, 0.2) is 0 Å². The van der Waals surface area contributed by atoms with E-state index in [9.17, 15) is 9.59 Å². The predicted molar refractivity (Wildman–Crippen MR) is 102 cm³/mol. The van der Waals surface area contributed by atoms with Gasteiger partial charge in [0.1, 0.15) is 5.82 Å². The van der Waals surface area contributed by atoms with Crippen molar-refractivity contribution >= 4 is 17.6 Å². The second-order valence-corrected chi connectivity index (χ2v) is 6.83. The highest BCUT2D eigenvalue weighted by molar-refractivity contribution is 5.79. The van der Waals surface area contributed by atoms with Gasteiger partial charge >= 0.3 is 0 Å². The summed E-state index contributed by atoms with van der Waals surface area (Å²) in [6.45, 7) is 2.76. The van der Waals surface area contributed by atoms with E-state index in [1.54, 1.807) is 12.3 Å². The van der Waals surface area contributed by atoms with Gasteiger partial charge in [0, 0.05) is 37.3 Å². The van der Waals surface area contributed by atoms with Gasteiger partial charge in [-0.15, -0.1) is 0 Å². The molecule has 0 spiro atoms. The van der Waals surface area contributed by atoms with Crippen molar-refractivity contribution in [1.82, 2.24) is 15.6 Å². The Morgan fingerprint density at radius 2 is 2.22 bits per heavy atom. The van der Waals surface area contributed by atoms with Crippen molar-refractivity contribution < 1.29 is 19.4 Å². The SMILES string of the molecule is CCCO[C@H]1C[C@@H](C(=O)NCc2cccnc2N)CC[C@@H]1NC(=O)CCO. The number of hydrogen-bond acceptors (Lipinski definition) is 6. The standard InChI is InChI=1S/C19H30N4O4/c1-2-10-27-16-11-13(5-6-15(16)23-17(25)7-9-24)19(26)22-12-14-4-3-8-21-18(14)20/h3-4,8,13,15-16,24H,2,5-7,9-12H2,1H3,(H2,20,21)(H,22,26)(H,23,25)/t13-,15-,16-/m0/s1. The zero-order valence-corrected chi connectivity index (χ0v) is 15.8. The number of nitrogens with one attached hydrogen (secondary N) is 2. The fourth-order valence-electron chi connectivity index (χ4n) is 3.29. The number of aliphatic hydroxyl groups excluding tert-OH is 1. The van der Waals surface area contributed by atoms with Gasteiger partial charge in [-0.2, -0.15) is 0 Å². The van der Waals surface area contributed by atoms with Crippen LogP contribution in [0.15, 0.2) is 18.3 Å². The number of amides is 2. The summed E-state index contributed by atoms with van der Waals surface area (Å²) in [5, 5.41) is 14.8. The van der Waals surface area contributed by atoms with Crippen LogP contribution in [0, 0.1) is 5.92 Å². The van der Waals surface area contributed by atoms with Gasteiger partial charge in [0.05, 0.1) is 18.8 Å². The lowest BCUT2D eigenvalue weighted by atomic mass is 9.83. The maximum absolute atomic E-state index is 12.6. The van der Waals surface area contributed by atoms with Crippen molar-refractivity contribution in [3.63, 3.8) is 0 Å². The number of carbonyl (C=O) groups excluding carboxylic acids is 2. The largest absolute Gasteiger partial charge is 0.396 e. The van der Waals surface area contributed by atoms with E-state index in [-0.39, 0.29) is 42.9 Å². The molecule has 1 aromatic heterocycles. The third kappa shape index (κ3) is 6.48. The molecule has 0 aliphatic heterocycles. The number of aliphatic hydroxyl groups is 1. The lowest BCUT2D eigenvalue weighted by Crippen LogP contribution is -2.50. The number of carbonyl (C=O) groups is 2. The molecule has 0 radical (unpaired) electrons. The molecule has 0 saturated heterocycles. The van der Waals surface area contributed by atoms with Gasteiger partial charge in [-0.3, -0.25) is 9.59 Å². The summed E-state index contributed by atoms with van der Waals surface area (Å²) >= 11 is 0. The number of pyridine rings is 1. The van der Waals surface area contributed by atoms with Crippen LogP contribution in [0.3, 0.4) is 0 Å². The smallest absolute Gasteiger partial charge is 0.223 e. The van der Waals surface area contributed by atoms with Crippen LogP contribution in [0.25, 0.3) is 0 Å². The number of anilines is 1. The summed E-state index contributed by atoms with van der Waals surface area (Å²) < 4.78 is 5.90. The molecular weight excluding hydrogens is 348 g/mol. The van der Waals surface area contributed by atoms with E-state index in [2.05, 4.69) is 15.6 Å². The zero-order chi connectivity index (χ0) is 19.6. The van der Waals surface area contributed by atoms with Crippen molar-refractivity contribution in [1.29, 1.82) is 0 Å². The molecule has 0 bridgehead atoms. The fraction of sp³-hybridized carbons (Fsp3) is 0.632. The Hall–Kier alpha value is -2.19. The Kier molecular flexibility index (Phi) is 8.47. The molecule has 3 atom stereocenters. The summed E-state index contributed by atoms with van der Waals surface area (Å²) in [6.07, 6.45) is 4.24. The highest BCUT2D eigenvalue weighted by Crippen LogP contribution is 2.27. The second-order valence-electron chi connectivity index (χ2n) is 6.83. The molecule has 1 aromatic rings. The number of aromatic nitrogens is 1. The maximum atomic E-state index is 12.6.